The van der Waals surface area contributed by atoms with Crippen molar-refractivity contribution in [1.29, 1.82) is 0 Å². The van der Waals surface area contributed by atoms with Crippen LogP contribution in [-0.4, -0.2) is 16.5 Å². The van der Waals surface area contributed by atoms with Gasteiger partial charge in [-0.3, -0.25) is 4.99 Å². The highest BCUT2D eigenvalue weighted by molar-refractivity contribution is 9.10. The molecule has 0 aromatic heterocycles. The van der Waals surface area contributed by atoms with Crippen molar-refractivity contribution < 1.29 is 0 Å². The number of hydrogen-bond donors (Lipinski definition) is 1. The highest BCUT2D eigenvalue weighted by Crippen LogP contribution is 2.42. The summed E-state index contributed by atoms with van der Waals surface area (Å²) >= 11 is 5.38. The Morgan fingerprint density at radius 2 is 2.37 bits per heavy atom. The third kappa shape index (κ3) is 3.16. The minimum absolute atomic E-state index is 0.219. The Kier molecular flexibility index (Phi) is 3.90. The summed E-state index contributed by atoms with van der Waals surface area (Å²) in [7, 11) is 0. The number of hydrogen-bond acceptors (Lipinski definition) is 3. The Hall–Kier alpha value is -0.480. The largest absolute Gasteiger partial charge is 0.335 e. The van der Waals surface area contributed by atoms with E-state index >= 15 is 0 Å². The molecule has 1 saturated carbocycles. The maximum Gasteiger partial charge on any atom is 0.161 e. The maximum absolute atomic E-state index is 5.01. The first kappa shape index (κ1) is 13.5. The average molecular weight is 339 g/mol. The number of rotatable bonds is 1. The molecule has 1 heterocycles. The molecule has 0 amide bonds. The monoisotopic (exact) mass is 338 g/mol. The SMILES string of the molecule is CC1CCCC2(CSC(Nc3cccc(Br)c3)=N2)C1. The predicted octanol–water partition coefficient (Wildman–Crippen LogP) is 4.91. The van der Waals surface area contributed by atoms with Crippen molar-refractivity contribution in [2.45, 2.75) is 38.1 Å². The van der Waals surface area contributed by atoms with E-state index in [2.05, 4.69) is 40.3 Å². The molecule has 1 aromatic carbocycles. The molecule has 2 nitrogen and oxygen atoms in total. The van der Waals surface area contributed by atoms with Crippen LogP contribution in [-0.2, 0) is 0 Å². The second kappa shape index (κ2) is 5.49. The van der Waals surface area contributed by atoms with Crippen LogP contribution in [0, 0.1) is 5.92 Å². The number of benzene rings is 1. The molecule has 1 aliphatic carbocycles. The van der Waals surface area contributed by atoms with Crippen molar-refractivity contribution in [3.63, 3.8) is 0 Å². The molecule has 0 saturated heterocycles. The van der Waals surface area contributed by atoms with E-state index in [0.29, 0.717) is 0 Å². The zero-order chi connectivity index (χ0) is 13.3. The molecule has 1 aliphatic heterocycles. The van der Waals surface area contributed by atoms with Gasteiger partial charge >= 0.3 is 0 Å². The second-order valence-corrected chi connectivity index (χ2v) is 7.65. The van der Waals surface area contributed by atoms with E-state index in [9.17, 15) is 0 Å². The lowest BCUT2D eigenvalue weighted by Crippen LogP contribution is -2.33. The summed E-state index contributed by atoms with van der Waals surface area (Å²) in [5.74, 6) is 1.97. The van der Waals surface area contributed by atoms with Crippen LogP contribution in [0.2, 0.25) is 0 Å². The highest BCUT2D eigenvalue weighted by Gasteiger charge is 2.39. The van der Waals surface area contributed by atoms with E-state index in [1.807, 2.05) is 23.9 Å². The summed E-state index contributed by atoms with van der Waals surface area (Å²) in [5.41, 5.74) is 1.33. The van der Waals surface area contributed by atoms with Gasteiger partial charge in [0.2, 0.25) is 0 Å². The van der Waals surface area contributed by atoms with Crippen LogP contribution >= 0.6 is 27.7 Å². The zero-order valence-corrected chi connectivity index (χ0v) is 13.6. The summed E-state index contributed by atoms with van der Waals surface area (Å²) < 4.78 is 1.10. The molecule has 2 atom stereocenters. The van der Waals surface area contributed by atoms with Crippen LogP contribution in [0.3, 0.4) is 0 Å². The molecule has 1 spiro atoms. The van der Waals surface area contributed by atoms with Crippen molar-refractivity contribution in [3.05, 3.63) is 28.7 Å². The third-order valence-electron chi connectivity index (χ3n) is 3.96. The number of halogens is 1. The first-order valence-corrected chi connectivity index (χ1v) is 8.68. The quantitative estimate of drug-likeness (QED) is 0.786. The molecule has 4 heteroatoms. The van der Waals surface area contributed by atoms with Gasteiger partial charge in [-0.15, -0.1) is 0 Å². The number of amidine groups is 1. The topological polar surface area (TPSA) is 24.4 Å². The van der Waals surface area contributed by atoms with E-state index in [4.69, 9.17) is 4.99 Å². The molecule has 1 N–H and O–H groups in total. The van der Waals surface area contributed by atoms with Gasteiger partial charge in [0.25, 0.3) is 0 Å². The smallest absolute Gasteiger partial charge is 0.161 e. The fourth-order valence-electron chi connectivity index (χ4n) is 3.10. The second-order valence-electron chi connectivity index (χ2n) is 5.77. The van der Waals surface area contributed by atoms with Crippen LogP contribution in [0.15, 0.2) is 33.7 Å². The van der Waals surface area contributed by atoms with Crippen LogP contribution in [0.4, 0.5) is 5.69 Å². The maximum atomic E-state index is 5.01. The molecule has 102 valence electrons. The minimum atomic E-state index is 0.219. The van der Waals surface area contributed by atoms with Crippen molar-refractivity contribution >= 4 is 38.5 Å². The normalized spacial score (nSPS) is 30.4. The van der Waals surface area contributed by atoms with Gasteiger partial charge in [-0.2, -0.15) is 0 Å². The Bertz CT molecular complexity index is 503. The molecule has 1 fully saturated rings. The van der Waals surface area contributed by atoms with Crippen molar-refractivity contribution in [1.82, 2.24) is 0 Å². The zero-order valence-electron chi connectivity index (χ0n) is 11.2. The minimum Gasteiger partial charge on any atom is -0.335 e. The van der Waals surface area contributed by atoms with Crippen molar-refractivity contribution in [2.24, 2.45) is 10.9 Å². The van der Waals surface area contributed by atoms with Crippen LogP contribution in [0.1, 0.15) is 32.6 Å². The fourth-order valence-corrected chi connectivity index (χ4v) is 4.68. The van der Waals surface area contributed by atoms with E-state index in [1.165, 1.54) is 25.7 Å². The molecule has 1 aromatic rings. The number of anilines is 1. The first-order chi connectivity index (χ1) is 9.15. The molecule has 3 rings (SSSR count). The van der Waals surface area contributed by atoms with Gasteiger partial charge in [-0.25, -0.2) is 0 Å². The predicted molar refractivity (Wildman–Crippen MR) is 88.0 cm³/mol. The highest BCUT2D eigenvalue weighted by atomic mass is 79.9. The first-order valence-electron chi connectivity index (χ1n) is 6.90. The van der Waals surface area contributed by atoms with Gasteiger partial charge in [0, 0.05) is 15.9 Å². The van der Waals surface area contributed by atoms with Gasteiger partial charge in [-0.1, -0.05) is 53.5 Å². The Labute approximate surface area is 127 Å². The number of nitrogens with one attached hydrogen (secondary N) is 1. The number of nitrogens with zero attached hydrogens (tertiary/aromatic N) is 1. The summed E-state index contributed by atoms with van der Waals surface area (Å²) in [6, 6.07) is 8.27. The van der Waals surface area contributed by atoms with Gasteiger partial charge in [0.1, 0.15) is 0 Å². The lowest BCUT2D eigenvalue weighted by molar-refractivity contribution is 0.266. The molecular formula is C15H19BrN2S. The van der Waals surface area contributed by atoms with Crippen LogP contribution < -0.4 is 5.32 Å². The standard InChI is InChI=1S/C15H19BrN2S/c1-11-4-3-7-15(9-11)10-19-14(18-15)17-13-6-2-5-12(16)8-13/h2,5-6,8,11H,3-4,7,9-10H2,1H3,(H,17,18). The Morgan fingerprint density at radius 1 is 1.47 bits per heavy atom. The number of aliphatic imine (C=N–C) groups is 1. The van der Waals surface area contributed by atoms with Gasteiger partial charge in [-0.05, 0) is 37.0 Å². The fraction of sp³-hybridized carbons (Fsp3) is 0.533. The molecule has 2 aliphatic rings. The van der Waals surface area contributed by atoms with E-state index < -0.39 is 0 Å². The average Bonchev–Trinajstić information content (AvgIpc) is 2.71. The van der Waals surface area contributed by atoms with Crippen LogP contribution in [0.25, 0.3) is 0 Å². The van der Waals surface area contributed by atoms with Gasteiger partial charge in [0.05, 0.1) is 5.54 Å². The summed E-state index contributed by atoms with van der Waals surface area (Å²) in [5, 5.41) is 4.54. The summed E-state index contributed by atoms with van der Waals surface area (Å²) in [4.78, 5) is 5.01. The molecule has 0 bridgehead atoms. The van der Waals surface area contributed by atoms with Crippen molar-refractivity contribution in [2.75, 3.05) is 11.1 Å². The molecular weight excluding hydrogens is 320 g/mol. The lowest BCUT2D eigenvalue weighted by atomic mass is 9.78. The molecule has 2 unspecified atom stereocenters. The number of thioether (sulfide) groups is 1. The molecule has 0 radical (unpaired) electrons. The van der Waals surface area contributed by atoms with E-state index in [0.717, 1.165) is 27.0 Å². The summed E-state index contributed by atoms with van der Waals surface area (Å²) in [6.45, 7) is 2.36. The Balaban J connectivity index is 1.73. The summed E-state index contributed by atoms with van der Waals surface area (Å²) in [6.07, 6.45) is 5.21. The lowest BCUT2D eigenvalue weighted by Gasteiger charge is -2.33. The van der Waals surface area contributed by atoms with Gasteiger partial charge in [0.15, 0.2) is 5.17 Å². The third-order valence-corrected chi connectivity index (χ3v) is 5.60. The van der Waals surface area contributed by atoms with E-state index in [1.54, 1.807) is 0 Å². The van der Waals surface area contributed by atoms with Crippen LogP contribution in [0.5, 0.6) is 0 Å². The van der Waals surface area contributed by atoms with E-state index in [-0.39, 0.29) is 5.54 Å². The Morgan fingerprint density at radius 3 is 3.16 bits per heavy atom. The molecule has 19 heavy (non-hydrogen) atoms. The van der Waals surface area contributed by atoms with Crippen molar-refractivity contribution in [3.8, 4) is 0 Å². The van der Waals surface area contributed by atoms with Gasteiger partial charge < -0.3 is 5.32 Å².